The largest absolute Gasteiger partial charge is 0.859 e. The molecule has 0 unspecified atom stereocenters. The molecule has 0 saturated carbocycles. The quantitative estimate of drug-likeness (QED) is 0.370. The Labute approximate surface area is 141 Å². The fourth-order valence-electron chi connectivity index (χ4n) is 2.09. The molecule has 122 valence electrons. The first-order chi connectivity index (χ1) is 10.6. The summed E-state index contributed by atoms with van der Waals surface area (Å²) in [5, 5.41) is 12.3. The fourth-order valence-corrected chi connectivity index (χ4v) is 2.43. The summed E-state index contributed by atoms with van der Waals surface area (Å²) in [5.74, 6) is -2.03. The molecule has 0 spiro atoms. The number of carbonyl (C=O) groups is 2. The van der Waals surface area contributed by atoms with Gasteiger partial charge in [0.05, 0.1) is 0 Å². The zero-order chi connectivity index (χ0) is 17.6. The number of likely N-dealkylation sites (N-methyl/N-ethyl adjacent to an activating group) is 2. The van der Waals surface area contributed by atoms with E-state index in [1.807, 2.05) is 0 Å². The monoisotopic (exact) mass is 353 g/mol. The second kappa shape index (κ2) is 5.70. The molecule has 1 aliphatic heterocycles. The molecule has 0 radical (unpaired) electrons. The maximum Gasteiger partial charge on any atom is 0.265 e. The smallest absolute Gasteiger partial charge is 0.265 e. The minimum absolute atomic E-state index is 0.0406. The van der Waals surface area contributed by atoms with E-state index in [1.54, 1.807) is 0 Å². The van der Waals surface area contributed by atoms with Crippen LogP contribution in [0, 0.1) is 4.77 Å². The topological polar surface area (TPSA) is 90.6 Å². The van der Waals surface area contributed by atoms with Crippen molar-refractivity contribution in [1.29, 1.82) is 0 Å². The Bertz CT molecular complexity index is 870. The van der Waals surface area contributed by atoms with Crippen LogP contribution in [0.4, 0.5) is 0 Å². The van der Waals surface area contributed by atoms with Crippen LogP contribution in [0.25, 0.3) is 6.08 Å². The zero-order valence-corrected chi connectivity index (χ0v) is 14.4. The third-order valence-electron chi connectivity index (χ3n) is 3.58. The highest BCUT2D eigenvalue weighted by atomic mass is 32.1. The zero-order valence-electron chi connectivity index (χ0n) is 12.8. The molecule has 8 nitrogen and oxygen atoms in total. The van der Waals surface area contributed by atoms with Gasteiger partial charge in [-0.1, -0.05) is 0 Å². The first-order valence-electron chi connectivity index (χ1n) is 6.38. The summed E-state index contributed by atoms with van der Waals surface area (Å²) >= 11 is 9.94. The first-order valence-corrected chi connectivity index (χ1v) is 7.20. The summed E-state index contributed by atoms with van der Waals surface area (Å²) in [6.45, 7) is 0. The van der Waals surface area contributed by atoms with Crippen LogP contribution in [0.2, 0.25) is 0 Å². The molecule has 0 bridgehead atoms. The van der Waals surface area contributed by atoms with Crippen molar-refractivity contribution in [3.8, 4) is 5.88 Å². The van der Waals surface area contributed by atoms with Crippen LogP contribution < -0.4 is 10.7 Å². The van der Waals surface area contributed by atoms with Gasteiger partial charge in [0.2, 0.25) is 0 Å². The number of rotatable bonds is 1. The number of carbonyl (C=O) groups excluding carboxylic acids is 2. The molecule has 1 aliphatic rings. The first kappa shape index (κ1) is 17.0. The van der Waals surface area contributed by atoms with Gasteiger partial charge >= 0.3 is 0 Å². The van der Waals surface area contributed by atoms with E-state index >= 15 is 0 Å². The van der Waals surface area contributed by atoms with Crippen LogP contribution in [0.5, 0.6) is 5.88 Å². The molecule has 2 rings (SSSR count). The number of nitrogens with zero attached hydrogens (tertiary/aromatic N) is 4. The average molecular weight is 353 g/mol. The molecule has 2 heterocycles. The van der Waals surface area contributed by atoms with Crippen molar-refractivity contribution in [2.45, 2.75) is 0 Å². The summed E-state index contributed by atoms with van der Waals surface area (Å²) in [6.07, 6.45) is 0.999. The summed E-state index contributed by atoms with van der Waals surface area (Å²) in [7, 11) is 5.63. The molecule has 23 heavy (non-hydrogen) atoms. The molecule has 0 aromatic carbocycles. The molecule has 10 heteroatoms. The Balaban J connectivity index is 2.75. The molecule has 0 aliphatic carbocycles. The third kappa shape index (κ3) is 2.49. The number of aromatic nitrogens is 2. The van der Waals surface area contributed by atoms with Crippen LogP contribution in [0.15, 0.2) is 10.4 Å². The van der Waals surface area contributed by atoms with Gasteiger partial charge in [0.1, 0.15) is 5.57 Å². The van der Waals surface area contributed by atoms with Gasteiger partial charge in [0.15, 0.2) is 9.88 Å². The Morgan fingerprint density at radius 3 is 1.87 bits per heavy atom. The second-order valence-electron chi connectivity index (χ2n) is 4.99. The molecule has 0 N–H and O–H groups in total. The molecule has 1 aromatic heterocycles. The van der Waals surface area contributed by atoms with E-state index in [4.69, 9.17) is 24.4 Å². The van der Waals surface area contributed by atoms with Gasteiger partial charge in [-0.25, -0.2) is 0 Å². The van der Waals surface area contributed by atoms with Crippen molar-refractivity contribution in [2.75, 3.05) is 14.1 Å². The van der Waals surface area contributed by atoms with Crippen LogP contribution in [-0.2, 0) is 23.7 Å². The summed E-state index contributed by atoms with van der Waals surface area (Å²) in [5.41, 5.74) is -1.30. The van der Waals surface area contributed by atoms with E-state index in [-0.39, 0.29) is 21.0 Å². The third-order valence-corrected chi connectivity index (χ3v) is 4.67. The van der Waals surface area contributed by atoms with Crippen LogP contribution in [0.3, 0.4) is 0 Å². The van der Waals surface area contributed by atoms with E-state index in [1.165, 1.54) is 28.2 Å². The van der Waals surface area contributed by atoms with Crippen molar-refractivity contribution < 1.29 is 14.7 Å². The van der Waals surface area contributed by atoms with E-state index in [9.17, 15) is 19.5 Å². The van der Waals surface area contributed by atoms with Gasteiger partial charge in [-0.05, 0) is 36.4 Å². The van der Waals surface area contributed by atoms with Gasteiger partial charge < -0.3 is 9.67 Å². The van der Waals surface area contributed by atoms with Gasteiger partial charge in [-0.15, -0.1) is 0 Å². The van der Waals surface area contributed by atoms with E-state index in [0.717, 1.165) is 25.0 Å². The number of thiocarbonyl (C=S) groups is 1. The van der Waals surface area contributed by atoms with E-state index < -0.39 is 23.3 Å². The highest BCUT2D eigenvalue weighted by Gasteiger charge is 2.35. The summed E-state index contributed by atoms with van der Waals surface area (Å²) in [4.78, 5) is 38.9. The number of hydrogen-bond donors (Lipinski definition) is 0. The predicted molar refractivity (Wildman–Crippen MR) is 87.0 cm³/mol. The summed E-state index contributed by atoms with van der Waals surface area (Å²) < 4.78 is 2.23. The van der Waals surface area contributed by atoms with Crippen molar-refractivity contribution >= 4 is 47.4 Å². The second-order valence-corrected chi connectivity index (χ2v) is 5.72. The van der Waals surface area contributed by atoms with Gasteiger partial charge in [0.25, 0.3) is 17.4 Å². The van der Waals surface area contributed by atoms with Crippen LogP contribution >= 0.6 is 24.4 Å². The summed E-state index contributed by atoms with van der Waals surface area (Å²) in [6, 6.07) is 0. The Morgan fingerprint density at radius 2 is 1.39 bits per heavy atom. The maximum absolute atomic E-state index is 12.2. The van der Waals surface area contributed by atoms with Crippen molar-refractivity contribution in [3.63, 3.8) is 0 Å². The standard InChI is InChI=1S/C13H14N4O4S2/c1-14-8(18)6(9(19)15(2)12(14)22)5-7-10(20)16(3)13(23)17(4)11(7)21/h5,18H,1-4H3/p-1. The molecule has 1 saturated heterocycles. The Kier molecular flexibility index (Phi) is 4.22. The Morgan fingerprint density at radius 1 is 0.913 bits per heavy atom. The lowest BCUT2D eigenvalue weighted by Crippen LogP contribution is -2.52. The van der Waals surface area contributed by atoms with Crippen molar-refractivity contribution in [2.24, 2.45) is 14.1 Å². The Hall–Kier alpha value is -2.33. The van der Waals surface area contributed by atoms with Crippen LogP contribution in [-0.4, -0.2) is 50.0 Å². The normalized spacial score (nSPS) is 15.5. The molecule has 0 atom stereocenters. The lowest BCUT2D eigenvalue weighted by Gasteiger charge is -2.32. The van der Waals surface area contributed by atoms with Crippen LogP contribution in [0.1, 0.15) is 5.56 Å². The lowest BCUT2D eigenvalue weighted by molar-refractivity contribution is -0.279. The molecule has 1 aromatic rings. The van der Waals surface area contributed by atoms with Crippen molar-refractivity contribution in [3.05, 3.63) is 26.3 Å². The van der Waals surface area contributed by atoms with Gasteiger partial charge in [0, 0.05) is 33.8 Å². The van der Waals surface area contributed by atoms with Crippen molar-refractivity contribution in [1.82, 2.24) is 18.9 Å². The van der Waals surface area contributed by atoms with E-state index in [0.29, 0.717) is 0 Å². The SMILES string of the molecule is CN1C(=O)C(=Cc2c([O-])n(C)c(=S)n(C)c2=O)C(=O)N(C)C1=S. The highest BCUT2D eigenvalue weighted by Crippen LogP contribution is 2.19. The van der Waals surface area contributed by atoms with Gasteiger partial charge in [-0.3, -0.25) is 28.8 Å². The highest BCUT2D eigenvalue weighted by molar-refractivity contribution is 7.80. The minimum atomic E-state index is -0.676. The lowest BCUT2D eigenvalue weighted by atomic mass is 10.1. The number of amides is 2. The van der Waals surface area contributed by atoms with Gasteiger partial charge in [-0.2, -0.15) is 0 Å². The molecule has 2 amide bonds. The fraction of sp³-hybridized carbons (Fsp3) is 0.308. The minimum Gasteiger partial charge on any atom is -0.859 e. The molecular formula is C13H13N4O4S2-. The molecule has 1 fully saturated rings. The maximum atomic E-state index is 12.2. The predicted octanol–water partition coefficient (Wildman–Crippen LogP) is -0.874. The average Bonchev–Trinajstić information content (AvgIpc) is 2.54. The van der Waals surface area contributed by atoms with E-state index in [2.05, 4.69) is 0 Å². The number of hydrogen-bond acceptors (Lipinski definition) is 6. The molecular weight excluding hydrogens is 340 g/mol.